The van der Waals surface area contributed by atoms with E-state index >= 15 is 0 Å². The van der Waals surface area contributed by atoms with Crippen molar-refractivity contribution in [1.29, 1.82) is 0 Å². The molecule has 0 spiro atoms. The van der Waals surface area contributed by atoms with E-state index in [9.17, 15) is 18.0 Å². The van der Waals surface area contributed by atoms with E-state index in [1.165, 1.54) is 12.1 Å². The van der Waals surface area contributed by atoms with E-state index in [1.807, 2.05) is 38.1 Å². The molecule has 0 aliphatic heterocycles. The number of rotatable bonds is 8. The largest absolute Gasteiger partial charge is 0.461 e. The number of benzene rings is 2. The van der Waals surface area contributed by atoms with Gasteiger partial charge in [-0.25, -0.2) is 0 Å². The molecular formula is C28H33Cl2F3N2O2. The van der Waals surface area contributed by atoms with Crippen molar-refractivity contribution in [3.8, 4) is 11.1 Å². The normalized spacial score (nSPS) is 11.1. The third kappa shape index (κ3) is 8.45. The maximum Gasteiger partial charge on any atom is 0.416 e. The average Bonchev–Trinajstić information content (AvgIpc) is 2.79. The summed E-state index contributed by atoms with van der Waals surface area (Å²) in [5, 5.41) is 0. The Morgan fingerprint density at radius 2 is 1.57 bits per heavy atom. The van der Waals surface area contributed by atoms with Crippen molar-refractivity contribution < 1.29 is 22.7 Å². The Kier molecular flexibility index (Phi) is 12.1. The van der Waals surface area contributed by atoms with Crippen LogP contribution in [0.4, 0.5) is 13.2 Å². The maximum atomic E-state index is 12.8. The lowest BCUT2D eigenvalue weighted by Crippen LogP contribution is -2.16. The van der Waals surface area contributed by atoms with Gasteiger partial charge in [-0.15, -0.1) is 24.8 Å². The van der Waals surface area contributed by atoms with Crippen LogP contribution in [-0.2, 0) is 41.7 Å². The highest BCUT2D eigenvalue weighted by molar-refractivity contribution is 5.85. The molecule has 0 aliphatic rings. The molecule has 0 bridgehead atoms. The maximum absolute atomic E-state index is 12.8. The summed E-state index contributed by atoms with van der Waals surface area (Å²) in [5.74, 6) is -0.0969. The quantitative estimate of drug-likeness (QED) is 0.298. The summed E-state index contributed by atoms with van der Waals surface area (Å²) < 4.78 is 43.7. The molecule has 37 heavy (non-hydrogen) atoms. The molecule has 0 amide bonds. The molecule has 0 fully saturated rings. The molecule has 0 aliphatic carbocycles. The minimum atomic E-state index is -4.41. The highest BCUT2D eigenvalue weighted by atomic mass is 35.5. The Hall–Kier alpha value is -2.61. The third-order valence-electron chi connectivity index (χ3n) is 5.84. The third-order valence-corrected chi connectivity index (χ3v) is 5.84. The molecule has 202 valence electrons. The first kappa shape index (κ1) is 32.4. The predicted molar refractivity (Wildman–Crippen MR) is 145 cm³/mol. The number of aryl methyl sites for hydroxylation is 2. The van der Waals surface area contributed by atoms with E-state index < -0.39 is 17.7 Å². The summed E-state index contributed by atoms with van der Waals surface area (Å²) in [4.78, 5) is 17.6. The Morgan fingerprint density at radius 1 is 0.973 bits per heavy atom. The smallest absolute Gasteiger partial charge is 0.416 e. The molecular weight excluding hydrogens is 524 g/mol. The number of carbonyl (C=O) groups excluding carboxylic acids is 1. The highest BCUT2D eigenvalue weighted by Crippen LogP contribution is 2.33. The SMILES string of the molecule is Cc1ccc(-c2c(CC(=O)OCc3ccc(C(F)(F)F)cc3)c(C)nc(CC(C)C)c2CN)cc1.Cl.Cl. The van der Waals surface area contributed by atoms with Crippen LogP contribution in [0.25, 0.3) is 11.1 Å². The molecule has 3 rings (SSSR count). The number of halogens is 5. The molecule has 3 aromatic rings. The average molecular weight is 557 g/mol. The van der Waals surface area contributed by atoms with Gasteiger partial charge < -0.3 is 10.5 Å². The topological polar surface area (TPSA) is 65.2 Å². The van der Waals surface area contributed by atoms with Gasteiger partial charge in [-0.2, -0.15) is 13.2 Å². The predicted octanol–water partition coefficient (Wildman–Crippen LogP) is 7.17. The molecule has 2 aromatic carbocycles. The zero-order chi connectivity index (χ0) is 25.8. The van der Waals surface area contributed by atoms with Gasteiger partial charge in [0.25, 0.3) is 0 Å². The van der Waals surface area contributed by atoms with E-state index in [1.54, 1.807) is 0 Å². The second-order valence-corrected chi connectivity index (χ2v) is 9.18. The van der Waals surface area contributed by atoms with Gasteiger partial charge in [0.2, 0.25) is 0 Å². The Bertz CT molecular complexity index is 1180. The molecule has 0 atom stereocenters. The van der Waals surface area contributed by atoms with Crippen molar-refractivity contribution in [3.63, 3.8) is 0 Å². The number of nitrogens with two attached hydrogens (primary N) is 1. The van der Waals surface area contributed by atoms with Gasteiger partial charge in [-0.05, 0) is 66.1 Å². The van der Waals surface area contributed by atoms with Gasteiger partial charge in [0, 0.05) is 17.9 Å². The van der Waals surface area contributed by atoms with Crippen LogP contribution >= 0.6 is 24.8 Å². The summed E-state index contributed by atoms with van der Waals surface area (Å²) in [5.41, 5.74) is 12.2. The number of carbonyl (C=O) groups is 1. The van der Waals surface area contributed by atoms with E-state index in [2.05, 4.69) is 13.8 Å². The van der Waals surface area contributed by atoms with E-state index in [0.717, 1.165) is 57.8 Å². The van der Waals surface area contributed by atoms with Crippen molar-refractivity contribution in [1.82, 2.24) is 4.98 Å². The van der Waals surface area contributed by atoms with Crippen LogP contribution in [0.1, 0.15) is 53.1 Å². The van der Waals surface area contributed by atoms with Crippen molar-refractivity contribution in [2.75, 3.05) is 0 Å². The number of ether oxygens (including phenoxy) is 1. The molecule has 0 unspecified atom stereocenters. The number of nitrogens with zero attached hydrogens (tertiary/aromatic N) is 1. The van der Waals surface area contributed by atoms with Crippen LogP contribution < -0.4 is 5.73 Å². The van der Waals surface area contributed by atoms with Crippen LogP contribution in [0.5, 0.6) is 0 Å². The number of hydrogen-bond donors (Lipinski definition) is 1. The fourth-order valence-corrected chi connectivity index (χ4v) is 4.05. The molecule has 1 aromatic heterocycles. The lowest BCUT2D eigenvalue weighted by molar-refractivity contribution is -0.144. The molecule has 0 saturated heterocycles. The minimum absolute atomic E-state index is 0. The summed E-state index contributed by atoms with van der Waals surface area (Å²) in [6.07, 6.45) is -3.66. The van der Waals surface area contributed by atoms with Crippen LogP contribution in [0.2, 0.25) is 0 Å². The Balaban J connectivity index is 0.00000342. The van der Waals surface area contributed by atoms with Gasteiger partial charge >= 0.3 is 12.1 Å². The second kappa shape index (κ2) is 13.8. The molecule has 0 radical (unpaired) electrons. The monoisotopic (exact) mass is 556 g/mol. The highest BCUT2D eigenvalue weighted by Gasteiger charge is 2.30. The fourth-order valence-electron chi connectivity index (χ4n) is 4.05. The van der Waals surface area contributed by atoms with Crippen LogP contribution in [0.3, 0.4) is 0 Å². The van der Waals surface area contributed by atoms with Gasteiger partial charge in [0.15, 0.2) is 0 Å². The van der Waals surface area contributed by atoms with Crippen LogP contribution in [0, 0.1) is 19.8 Å². The molecule has 0 saturated carbocycles. The van der Waals surface area contributed by atoms with Gasteiger partial charge in [-0.1, -0.05) is 55.8 Å². The lowest BCUT2D eigenvalue weighted by atomic mass is 9.88. The summed E-state index contributed by atoms with van der Waals surface area (Å²) in [7, 11) is 0. The fraction of sp³-hybridized carbons (Fsp3) is 0.357. The Labute approximate surface area is 228 Å². The van der Waals surface area contributed by atoms with Gasteiger partial charge in [-0.3, -0.25) is 9.78 Å². The van der Waals surface area contributed by atoms with E-state index in [-0.39, 0.29) is 44.4 Å². The number of aromatic nitrogens is 1. The van der Waals surface area contributed by atoms with Crippen molar-refractivity contribution in [2.24, 2.45) is 11.7 Å². The number of hydrogen-bond acceptors (Lipinski definition) is 4. The second-order valence-electron chi connectivity index (χ2n) is 9.18. The van der Waals surface area contributed by atoms with Crippen molar-refractivity contribution in [3.05, 3.63) is 87.7 Å². The van der Waals surface area contributed by atoms with Crippen molar-refractivity contribution >= 4 is 30.8 Å². The lowest BCUT2D eigenvalue weighted by Gasteiger charge is -2.21. The zero-order valence-corrected chi connectivity index (χ0v) is 22.9. The summed E-state index contributed by atoms with van der Waals surface area (Å²) >= 11 is 0. The summed E-state index contributed by atoms with van der Waals surface area (Å²) in [6.45, 7) is 8.30. The molecule has 9 heteroatoms. The van der Waals surface area contributed by atoms with E-state index in [4.69, 9.17) is 15.5 Å². The summed E-state index contributed by atoms with van der Waals surface area (Å²) in [6, 6.07) is 12.6. The van der Waals surface area contributed by atoms with Gasteiger partial charge in [0.05, 0.1) is 12.0 Å². The first-order valence-corrected chi connectivity index (χ1v) is 11.6. The van der Waals surface area contributed by atoms with Crippen LogP contribution in [0.15, 0.2) is 48.5 Å². The minimum Gasteiger partial charge on any atom is -0.461 e. The Morgan fingerprint density at radius 3 is 2.08 bits per heavy atom. The first-order chi connectivity index (χ1) is 16.5. The van der Waals surface area contributed by atoms with Crippen LogP contribution in [-0.4, -0.2) is 11.0 Å². The van der Waals surface area contributed by atoms with E-state index in [0.29, 0.717) is 11.5 Å². The number of esters is 1. The molecule has 4 nitrogen and oxygen atoms in total. The zero-order valence-electron chi connectivity index (χ0n) is 21.3. The number of pyridine rings is 1. The molecule has 1 heterocycles. The van der Waals surface area contributed by atoms with Crippen molar-refractivity contribution in [2.45, 2.75) is 59.9 Å². The molecule has 2 N–H and O–H groups in total. The van der Waals surface area contributed by atoms with Gasteiger partial charge in [0.1, 0.15) is 6.61 Å². The standard InChI is InChI=1S/C28H31F3N2O2.2ClH/c1-17(2)13-25-24(15-32)27(21-9-5-18(3)6-10-21)23(19(4)33-25)14-26(34)35-16-20-7-11-22(12-8-20)28(29,30)31;;/h5-12,17H,13-16,32H2,1-4H3;2*1H. The number of alkyl halides is 3. The first-order valence-electron chi connectivity index (χ1n) is 11.6.